The highest BCUT2D eigenvalue weighted by atomic mass is 35.5. The topological polar surface area (TPSA) is 118 Å². The third-order valence-electron chi connectivity index (χ3n) is 2.98. The summed E-state index contributed by atoms with van der Waals surface area (Å²) < 4.78 is 0. The molecule has 108 valence electrons. The summed E-state index contributed by atoms with van der Waals surface area (Å²) in [6.07, 6.45) is 0.211. The number of hydrogen-bond donors (Lipinski definition) is 4. The van der Waals surface area contributed by atoms with Crippen LogP contribution in [0.15, 0.2) is 24.5 Å². The van der Waals surface area contributed by atoms with Crippen molar-refractivity contribution in [2.45, 2.75) is 6.23 Å². The number of nitrogens with zero attached hydrogens (tertiary/aromatic N) is 2. The van der Waals surface area contributed by atoms with Crippen LogP contribution >= 0.6 is 22.9 Å². The lowest BCUT2D eigenvalue weighted by Crippen LogP contribution is -2.08. The molecule has 0 aliphatic rings. The van der Waals surface area contributed by atoms with Crippen LogP contribution in [0.4, 0.5) is 5.69 Å². The fourth-order valence-corrected chi connectivity index (χ4v) is 3.30. The van der Waals surface area contributed by atoms with Crippen molar-refractivity contribution >= 4 is 38.8 Å². The Bertz CT molecular complexity index is 814. The van der Waals surface area contributed by atoms with Gasteiger partial charge in [0.25, 0.3) is 0 Å². The number of phenolic OH excluding ortho intramolecular Hbond substituents is 1. The number of phenols is 1. The van der Waals surface area contributed by atoms with Crippen LogP contribution < -0.4 is 11.5 Å². The highest BCUT2D eigenvalue weighted by Crippen LogP contribution is 2.40. The monoisotopic (exact) mass is 322 g/mol. The molecular formula is C13H11ClN4O2S. The molecule has 0 saturated carbocycles. The largest absolute Gasteiger partial charge is 0.508 e. The molecule has 2 heterocycles. The van der Waals surface area contributed by atoms with Crippen molar-refractivity contribution in [2.75, 3.05) is 5.73 Å². The Hall–Kier alpha value is -1.93. The summed E-state index contributed by atoms with van der Waals surface area (Å²) in [7, 11) is 0. The number of benzene rings is 1. The van der Waals surface area contributed by atoms with Crippen molar-refractivity contribution in [2.24, 2.45) is 5.73 Å². The van der Waals surface area contributed by atoms with Crippen LogP contribution in [0.1, 0.15) is 11.1 Å². The van der Waals surface area contributed by atoms with Crippen molar-refractivity contribution in [3.05, 3.63) is 34.4 Å². The van der Waals surface area contributed by atoms with E-state index in [4.69, 9.17) is 23.1 Å². The number of rotatable bonds is 2. The molecule has 0 radical (unpaired) electrons. The van der Waals surface area contributed by atoms with Crippen molar-refractivity contribution in [1.82, 2.24) is 9.97 Å². The lowest BCUT2D eigenvalue weighted by atomic mass is 10.1. The van der Waals surface area contributed by atoms with Gasteiger partial charge in [0.15, 0.2) is 0 Å². The van der Waals surface area contributed by atoms with Gasteiger partial charge in [-0.25, -0.2) is 9.97 Å². The number of aliphatic hydroxyl groups excluding tert-OH is 1. The van der Waals surface area contributed by atoms with E-state index < -0.39 is 6.23 Å². The molecule has 21 heavy (non-hydrogen) atoms. The molecule has 3 aromatic rings. The van der Waals surface area contributed by atoms with Crippen LogP contribution in [0.2, 0.25) is 5.02 Å². The second kappa shape index (κ2) is 5.12. The van der Waals surface area contributed by atoms with Gasteiger partial charge in [0, 0.05) is 10.6 Å². The van der Waals surface area contributed by atoms with Crippen LogP contribution in [0, 0.1) is 0 Å². The number of thiophene rings is 1. The zero-order valence-electron chi connectivity index (χ0n) is 10.6. The normalized spacial score (nSPS) is 12.7. The molecule has 6 N–H and O–H groups in total. The van der Waals surface area contributed by atoms with E-state index >= 15 is 0 Å². The summed E-state index contributed by atoms with van der Waals surface area (Å²) >= 11 is 7.16. The third kappa shape index (κ3) is 2.40. The first-order valence-electron chi connectivity index (χ1n) is 5.94. The summed E-state index contributed by atoms with van der Waals surface area (Å²) in [4.78, 5) is 9.39. The number of aromatic hydroxyl groups is 1. The minimum absolute atomic E-state index is 0.0251. The first kappa shape index (κ1) is 14.0. The molecule has 0 spiro atoms. The Kier molecular flexibility index (Phi) is 3.42. The number of nitrogens with two attached hydrogens (primary N) is 2. The maximum atomic E-state index is 9.67. The van der Waals surface area contributed by atoms with E-state index in [1.807, 2.05) is 0 Å². The molecule has 0 saturated heterocycles. The smallest absolute Gasteiger partial charge is 0.139 e. The van der Waals surface area contributed by atoms with Gasteiger partial charge in [-0.2, -0.15) is 0 Å². The summed E-state index contributed by atoms with van der Waals surface area (Å²) in [6, 6.07) is 4.62. The summed E-state index contributed by atoms with van der Waals surface area (Å²) in [5, 5.41) is 20.2. The van der Waals surface area contributed by atoms with Crippen LogP contribution in [-0.4, -0.2) is 20.2 Å². The van der Waals surface area contributed by atoms with Gasteiger partial charge in [0.1, 0.15) is 23.1 Å². The first-order valence-corrected chi connectivity index (χ1v) is 7.13. The molecule has 6 nitrogen and oxygen atoms in total. The molecule has 2 aromatic heterocycles. The van der Waals surface area contributed by atoms with Gasteiger partial charge in [-0.1, -0.05) is 11.6 Å². The van der Waals surface area contributed by atoms with Gasteiger partial charge in [-0.05, 0) is 18.2 Å². The Morgan fingerprint density at radius 2 is 2.00 bits per heavy atom. The molecule has 3 rings (SSSR count). The van der Waals surface area contributed by atoms with E-state index in [1.54, 1.807) is 6.07 Å². The zero-order chi connectivity index (χ0) is 15.1. The highest BCUT2D eigenvalue weighted by molar-refractivity contribution is 7.19. The average Bonchev–Trinajstić information content (AvgIpc) is 2.75. The standard InChI is InChI=1S/C13H11ClN4O2S/c14-6-1-5(2-7(19)3-6)10-8-9(15)11(12(16)20)21-13(8)18-4-17-10/h1-4,12,19-20H,15-16H2. The molecule has 1 aromatic carbocycles. The maximum absolute atomic E-state index is 9.67. The Morgan fingerprint density at radius 3 is 2.67 bits per heavy atom. The fraction of sp³-hybridized carbons (Fsp3) is 0.0769. The molecule has 0 aliphatic heterocycles. The second-order valence-electron chi connectivity index (χ2n) is 4.43. The maximum Gasteiger partial charge on any atom is 0.139 e. The first-order chi connectivity index (χ1) is 9.97. The lowest BCUT2D eigenvalue weighted by Gasteiger charge is -2.06. The minimum atomic E-state index is -1.18. The van der Waals surface area contributed by atoms with Crippen molar-refractivity contribution < 1.29 is 10.2 Å². The van der Waals surface area contributed by atoms with E-state index in [0.717, 1.165) is 0 Å². The number of aromatic nitrogens is 2. The molecule has 0 bridgehead atoms. The predicted molar refractivity (Wildman–Crippen MR) is 83.1 cm³/mol. The molecular weight excluding hydrogens is 312 g/mol. The SMILES string of the molecule is Nc1c(C(N)O)sc2ncnc(-c3cc(O)cc(Cl)c3)c12. The zero-order valence-corrected chi connectivity index (χ0v) is 12.2. The Balaban J connectivity index is 2.32. The number of fused-ring (bicyclic) bond motifs is 1. The predicted octanol–water partition coefficient (Wildman–Crippen LogP) is 2.25. The van der Waals surface area contributed by atoms with Crippen LogP contribution in [0.3, 0.4) is 0 Å². The quantitative estimate of drug-likeness (QED) is 0.537. The molecule has 8 heteroatoms. The second-order valence-corrected chi connectivity index (χ2v) is 5.89. The van der Waals surface area contributed by atoms with Gasteiger partial charge in [-0.3, -0.25) is 0 Å². The molecule has 0 aliphatic carbocycles. The van der Waals surface area contributed by atoms with E-state index in [9.17, 15) is 10.2 Å². The molecule has 0 fully saturated rings. The Labute approximate surface area is 128 Å². The minimum Gasteiger partial charge on any atom is -0.508 e. The lowest BCUT2D eigenvalue weighted by molar-refractivity contribution is 0.191. The van der Waals surface area contributed by atoms with Gasteiger partial charge in [0.05, 0.1) is 21.6 Å². The molecule has 0 amide bonds. The Morgan fingerprint density at radius 1 is 1.24 bits per heavy atom. The van der Waals surface area contributed by atoms with Crippen molar-refractivity contribution in [3.63, 3.8) is 0 Å². The van der Waals surface area contributed by atoms with Crippen LogP contribution in [-0.2, 0) is 0 Å². The summed E-state index contributed by atoms with van der Waals surface area (Å²) in [6.45, 7) is 0. The van der Waals surface area contributed by atoms with Crippen LogP contribution in [0.25, 0.3) is 21.5 Å². The molecule has 1 unspecified atom stereocenters. The third-order valence-corrected chi connectivity index (χ3v) is 4.38. The van der Waals surface area contributed by atoms with E-state index in [2.05, 4.69) is 9.97 Å². The number of aliphatic hydroxyl groups is 1. The number of anilines is 1. The van der Waals surface area contributed by atoms with Gasteiger partial charge < -0.3 is 21.7 Å². The van der Waals surface area contributed by atoms with Gasteiger partial charge >= 0.3 is 0 Å². The summed E-state index contributed by atoms with van der Waals surface area (Å²) in [5.74, 6) is 0.0251. The van der Waals surface area contributed by atoms with Gasteiger partial charge in [-0.15, -0.1) is 11.3 Å². The number of nitrogen functional groups attached to an aromatic ring is 1. The van der Waals surface area contributed by atoms with E-state index in [0.29, 0.717) is 37.1 Å². The fourth-order valence-electron chi connectivity index (χ4n) is 2.12. The molecule has 1 atom stereocenters. The van der Waals surface area contributed by atoms with Crippen molar-refractivity contribution in [1.29, 1.82) is 0 Å². The van der Waals surface area contributed by atoms with Crippen LogP contribution in [0.5, 0.6) is 5.75 Å². The van der Waals surface area contributed by atoms with E-state index in [1.165, 1.54) is 29.8 Å². The van der Waals surface area contributed by atoms with E-state index in [-0.39, 0.29) is 5.75 Å². The van der Waals surface area contributed by atoms with Gasteiger partial charge in [0.2, 0.25) is 0 Å². The number of halogens is 1. The number of hydrogen-bond acceptors (Lipinski definition) is 7. The summed E-state index contributed by atoms with van der Waals surface area (Å²) in [5.41, 5.74) is 13.0. The van der Waals surface area contributed by atoms with Crippen molar-refractivity contribution in [3.8, 4) is 17.0 Å². The highest BCUT2D eigenvalue weighted by Gasteiger charge is 2.19. The average molecular weight is 323 g/mol.